The van der Waals surface area contributed by atoms with Crippen LogP contribution in [0.3, 0.4) is 0 Å². The molecule has 0 atom stereocenters. The summed E-state index contributed by atoms with van der Waals surface area (Å²) in [6.07, 6.45) is 1.58. The molecular formula is C15H16N4O3. The predicted octanol–water partition coefficient (Wildman–Crippen LogP) is 2.02. The van der Waals surface area contributed by atoms with E-state index in [1.165, 1.54) is 6.07 Å². The van der Waals surface area contributed by atoms with Crippen LogP contribution in [0.5, 0.6) is 5.75 Å². The third-order valence-electron chi connectivity index (χ3n) is 3.76. The van der Waals surface area contributed by atoms with Gasteiger partial charge in [0.05, 0.1) is 4.92 Å². The Bertz CT molecular complexity index is 667. The molecule has 0 radical (unpaired) electrons. The third kappa shape index (κ3) is 2.78. The molecule has 1 aromatic carbocycles. The van der Waals surface area contributed by atoms with Crippen LogP contribution in [0.1, 0.15) is 0 Å². The number of nitrogens with zero attached hydrogens (tertiary/aromatic N) is 4. The van der Waals surface area contributed by atoms with Crippen molar-refractivity contribution in [2.24, 2.45) is 0 Å². The van der Waals surface area contributed by atoms with E-state index in [9.17, 15) is 15.2 Å². The number of phenols is 1. The maximum Gasteiger partial charge on any atom is 0.311 e. The van der Waals surface area contributed by atoms with E-state index in [2.05, 4.69) is 9.88 Å². The molecule has 3 rings (SSSR count). The highest BCUT2D eigenvalue weighted by molar-refractivity contribution is 5.59. The van der Waals surface area contributed by atoms with E-state index in [1.54, 1.807) is 24.4 Å². The van der Waals surface area contributed by atoms with Crippen molar-refractivity contribution >= 4 is 17.2 Å². The monoisotopic (exact) mass is 300 g/mol. The average Bonchev–Trinajstić information content (AvgIpc) is 2.56. The topological polar surface area (TPSA) is 82.7 Å². The Kier molecular flexibility index (Phi) is 3.78. The van der Waals surface area contributed by atoms with Gasteiger partial charge in [0, 0.05) is 44.1 Å². The number of phenolic OH excluding ortho intramolecular Hbond substituents is 1. The first-order valence-corrected chi connectivity index (χ1v) is 7.03. The summed E-state index contributed by atoms with van der Waals surface area (Å²) in [6.45, 7) is 2.83. The third-order valence-corrected chi connectivity index (χ3v) is 3.76. The number of nitro groups is 1. The second kappa shape index (κ2) is 5.88. The van der Waals surface area contributed by atoms with Gasteiger partial charge in [0.1, 0.15) is 5.75 Å². The smallest absolute Gasteiger partial charge is 0.311 e. The van der Waals surface area contributed by atoms with Gasteiger partial charge in [-0.3, -0.25) is 10.1 Å². The maximum atomic E-state index is 11.1. The predicted molar refractivity (Wildman–Crippen MR) is 83.4 cm³/mol. The van der Waals surface area contributed by atoms with Crippen LogP contribution < -0.4 is 9.80 Å². The normalized spacial score (nSPS) is 14.9. The molecule has 7 heteroatoms. The van der Waals surface area contributed by atoms with E-state index in [0.29, 0.717) is 18.9 Å². The summed E-state index contributed by atoms with van der Waals surface area (Å²) in [5.41, 5.74) is 1.08. The van der Waals surface area contributed by atoms with Crippen molar-refractivity contribution in [2.75, 3.05) is 36.0 Å². The minimum absolute atomic E-state index is 0.0422. The van der Waals surface area contributed by atoms with Gasteiger partial charge in [-0.1, -0.05) is 0 Å². The summed E-state index contributed by atoms with van der Waals surface area (Å²) in [6, 6.07) is 10.1. The minimum Gasteiger partial charge on any atom is -0.508 e. The number of aromatic hydroxyl groups is 1. The van der Waals surface area contributed by atoms with Crippen molar-refractivity contribution in [2.45, 2.75) is 0 Å². The molecule has 0 unspecified atom stereocenters. The number of hydrogen-bond donors (Lipinski definition) is 1. The second-order valence-electron chi connectivity index (χ2n) is 5.09. The molecule has 1 fully saturated rings. The zero-order chi connectivity index (χ0) is 15.5. The molecule has 0 bridgehead atoms. The number of piperazine rings is 1. The van der Waals surface area contributed by atoms with Crippen molar-refractivity contribution in [3.05, 3.63) is 52.7 Å². The first-order chi connectivity index (χ1) is 10.6. The van der Waals surface area contributed by atoms with Gasteiger partial charge in [0.2, 0.25) is 5.82 Å². The van der Waals surface area contributed by atoms with Crippen LogP contribution in [-0.2, 0) is 0 Å². The van der Waals surface area contributed by atoms with Gasteiger partial charge in [0.15, 0.2) is 0 Å². The van der Waals surface area contributed by atoms with Crippen LogP contribution >= 0.6 is 0 Å². The molecule has 0 aliphatic carbocycles. The summed E-state index contributed by atoms with van der Waals surface area (Å²) in [5.74, 6) is 0.671. The fraction of sp³-hybridized carbons (Fsp3) is 0.267. The van der Waals surface area contributed by atoms with Crippen LogP contribution in [0.25, 0.3) is 0 Å². The molecule has 7 nitrogen and oxygen atoms in total. The fourth-order valence-corrected chi connectivity index (χ4v) is 2.61. The molecule has 1 saturated heterocycles. The van der Waals surface area contributed by atoms with E-state index in [1.807, 2.05) is 17.0 Å². The molecule has 1 aliphatic rings. The minimum atomic E-state index is -0.394. The molecule has 0 saturated carbocycles. The van der Waals surface area contributed by atoms with Gasteiger partial charge in [-0.2, -0.15) is 0 Å². The number of benzene rings is 1. The van der Waals surface area contributed by atoms with Gasteiger partial charge in [-0.05, 0) is 30.3 Å². The Morgan fingerprint density at radius 3 is 2.32 bits per heavy atom. The molecule has 1 N–H and O–H groups in total. The zero-order valence-electron chi connectivity index (χ0n) is 11.9. The summed E-state index contributed by atoms with van der Waals surface area (Å²) in [4.78, 5) is 19.0. The number of aromatic nitrogens is 1. The SMILES string of the molecule is O=[N+]([O-])c1cccnc1N1CCN(c2ccc(O)cc2)CC1. The lowest BCUT2D eigenvalue weighted by Crippen LogP contribution is -2.47. The average molecular weight is 300 g/mol. The highest BCUT2D eigenvalue weighted by Gasteiger charge is 2.24. The van der Waals surface area contributed by atoms with Crippen LogP contribution in [-0.4, -0.2) is 41.2 Å². The van der Waals surface area contributed by atoms with Gasteiger partial charge in [-0.25, -0.2) is 4.98 Å². The first-order valence-electron chi connectivity index (χ1n) is 7.03. The Labute approximate surface area is 127 Å². The lowest BCUT2D eigenvalue weighted by Gasteiger charge is -2.36. The molecule has 1 aliphatic heterocycles. The van der Waals surface area contributed by atoms with Crippen LogP contribution in [0, 0.1) is 10.1 Å². The Hall–Kier alpha value is -2.83. The molecular weight excluding hydrogens is 284 g/mol. The van der Waals surface area contributed by atoms with Crippen LogP contribution in [0.4, 0.5) is 17.2 Å². The van der Waals surface area contributed by atoms with Gasteiger partial charge in [0.25, 0.3) is 0 Å². The van der Waals surface area contributed by atoms with E-state index in [0.717, 1.165) is 18.8 Å². The molecule has 0 amide bonds. The van der Waals surface area contributed by atoms with Crippen molar-refractivity contribution in [1.29, 1.82) is 0 Å². The first kappa shape index (κ1) is 14.1. The van der Waals surface area contributed by atoms with E-state index in [-0.39, 0.29) is 11.4 Å². The number of anilines is 2. The van der Waals surface area contributed by atoms with Crippen molar-refractivity contribution < 1.29 is 10.0 Å². The zero-order valence-corrected chi connectivity index (χ0v) is 11.9. The Morgan fingerprint density at radius 2 is 1.68 bits per heavy atom. The number of hydrogen-bond acceptors (Lipinski definition) is 6. The second-order valence-corrected chi connectivity index (χ2v) is 5.09. The van der Waals surface area contributed by atoms with Crippen LogP contribution in [0.2, 0.25) is 0 Å². The van der Waals surface area contributed by atoms with E-state index < -0.39 is 4.92 Å². The summed E-state index contributed by atoms with van der Waals surface area (Å²) < 4.78 is 0. The fourth-order valence-electron chi connectivity index (χ4n) is 2.61. The van der Waals surface area contributed by atoms with Gasteiger partial charge >= 0.3 is 5.69 Å². The molecule has 1 aromatic heterocycles. The summed E-state index contributed by atoms with van der Waals surface area (Å²) in [7, 11) is 0. The summed E-state index contributed by atoms with van der Waals surface area (Å²) in [5, 5.41) is 20.4. The van der Waals surface area contributed by atoms with Gasteiger partial charge in [-0.15, -0.1) is 0 Å². The number of pyridine rings is 1. The maximum absolute atomic E-state index is 11.1. The Balaban J connectivity index is 1.72. The molecule has 22 heavy (non-hydrogen) atoms. The number of rotatable bonds is 3. The molecule has 114 valence electrons. The lowest BCUT2D eigenvalue weighted by molar-refractivity contribution is -0.384. The Morgan fingerprint density at radius 1 is 1.05 bits per heavy atom. The van der Waals surface area contributed by atoms with Crippen LogP contribution in [0.15, 0.2) is 42.6 Å². The standard InChI is InChI=1S/C15H16N4O3/c20-13-5-3-12(4-6-13)17-8-10-18(11-9-17)15-14(19(21)22)2-1-7-16-15/h1-7,20H,8-11H2. The molecule has 2 heterocycles. The quantitative estimate of drug-likeness (QED) is 0.690. The summed E-state index contributed by atoms with van der Waals surface area (Å²) >= 11 is 0. The van der Waals surface area contributed by atoms with Crippen molar-refractivity contribution in [3.63, 3.8) is 0 Å². The lowest BCUT2D eigenvalue weighted by atomic mass is 10.2. The van der Waals surface area contributed by atoms with Crippen molar-refractivity contribution in [1.82, 2.24) is 4.98 Å². The molecule has 0 spiro atoms. The highest BCUT2D eigenvalue weighted by atomic mass is 16.6. The van der Waals surface area contributed by atoms with Gasteiger partial charge < -0.3 is 14.9 Å². The van der Waals surface area contributed by atoms with E-state index >= 15 is 0 Å². The highest BCUT2D eigenvalue weighted by Crippen LogP contribution is 2.27. The van der Waals surface area contributed by atoms with Crippen molar-refractivity contribution in [3.8, 4) is 5.75 Å². The largest absolute Gasteiger partial charge is 0.508 e. The van der Waals surface area contributed by atoms with E-state index in [4.69, 9.17) is 0 Å². The molecule has 2 aromatic rings.